The highest BCUT2D eigenvalue weighted by Crippen LogP contribution is 2.36. The molecule has 1 aromatic carbocycles. The largest absolute Gasteiger partial charge is 0.416 e. The summed E-state index contributed by atoms with van der Waals surface area (Å²) in [5, 5.41) is 15.0. The Morgan fingerprint density at radius 3 is 2.73 bits per heavy atom. The van der Waals surface area contributed by atoms with Gasteiger partial charge in [-0.15, -0.1) is 0 Å². The summed E-state index contributed by atoms with van der Waals surface area (Å²) in [5.74, 6) is 1.56. The Bertz CT molecular complexity index is 1170. The molecule has 3 aromatic heterocycles. The predicted octanol–water partition coefficient (Wildman–Crippen LogP) is 4.17. The molecule has 0 spiro atoms. The number of aromatic amines is 1. The zero-order chi connectivity index (χ0) is 20.7. The van der Waals surface area contributed by atoms with Gasteiger partial charge in [0, 0.05) is 17.5 Å². The molecule has 1 saturated carbocycles. The third-order valence-electron chi connectivity index (χ3n) is 5.28. The average molecular weight is 415 g/mol. The first-order valence-corrected chi connectivity index (χ1v) is 9.39. The van der Waals surface area contributed by atoms with E-state index >= 15 is 0 Å². The number of hydrogen-bond acceptors (Lipinski definition) is 7. The fourth-order valence-corrected chi connectivity index (χ4v) is 3.74. The number of nitrogens with one attached hydrogen (secondary N) is 2. The summed E-state index contributed by atoms with van der Waals surface area (Å²) < 4.78 is 43.6. The molecule has 5 rings (SSSR count). The summed E-state index contributed by atoms with van der Waals surface area (Å²) in [7, 11) is 0. The number of nitrogens with zero attached hydrogens (tertiary/aromatic N) is 5. The van der Waals surface area contributed by atoms with Gasteiger partial charge in [-0.1, -0.05) is 17.3 Å². The van der Waals surface area contributed by atoms with Crippen LogP contribution in [0, 0.1) is 0 Å². The van der Waals surface area contributed by atoms with Crippen molar-refractivity contribution in [1.82, 2.24) is 30.3 Å². The molecular weight excluding hydrogens is 399 g/mol. The Morgan fingerprint density at radius 2 is 1.93 bits per heavy atom. The molecule has 1 aliphatic carbocycles. The second kappa shape index (κ2) is 7.08. The van der Waals surface area contributed by atoms with Crippen LogP contribution in [0.15, 0.2) is 41.3 Å². The Balaban J connectivity index is 1.27. The van der Waals surface area contributed by atoms with Gasteiger partial charge in [0.15, 0.2) is 5.65 Å². The number of alkyl halides is 3. The van der Waals surface area contributed by atoms with Crippen molar-refractivity contribution in [1.29, 1.82) is 0 Å². The van der Waals surface area contributed by atoms with Gasteiger partial charge in [-0.3, -0.25) is 5.10 Å². The summed E-state index contributed by atoms with van der Waals surface area (Å²) >= 11 is 0. The van der Waals surface area contributed by atoms with Crippen LogP contribution in [0.25, 0.3) is 22.4 Å². The smallest absolute Gasteiger partial charge is 0.367 e. The van der Waals surface area contributed by atoms with Crippen molar-refractivity contribution in [3.05, 3.63) is 48.2 Å². The Kier molecular flexibility index (Phi) is 4.37. The monoisotopic (exact) mass is 415 g/mol. The molecule has 0 amide bonds. The van der Waals surface area contributed by atoms with Gasteiger partial charge in [0.1, 0.15) is 12.1 Å². The number of halogens is 3. The number of aromatic nitrogens is 6. The van der Waals surface area contributed by atoms with Crippen molar-refractivity contribution < 1.29 is 17.7 Å². The van der Waals surface area contributed by atoms with Gasteiger partial charge in [0.2, 0.25) is 11.7 Å². The second-order valence-corrected chi connectivity index (χ2v) is 7.24. The van der Waals surface area contributed by atoms with E-state index in [-0.39, 0.29) is 17.8 Å². The molecule has 3 heterocycles. The van der Waals surface area contributed by atoms with Gasteiger partial charge in [-0.05, 0) is 31.4 Å². The van der Waals surface area contributed by atoms with Crippen LogP contribution in [0.5, 0.6) is 0 Å². The number of hydrogen-bond donors (Lipinski definition) is 2. The molecule has 0 radical (unpaired) electrons. The van der Waals surface area contributed by atoms with Crippen molar-refractivity contribution in [3.63, 3.8) is 0 Å². The average Bonchev–Trinajstić information content (AvgIpc) is 3.48. The van der Waals surface area contributed by atoms with Gasteiger partial charge in [0.25, 0.3) is 0 Å². The summed E-state index contributed by atoms with van der Waals surface area (Å²) in [6.07, 6.45) is 1.30. The molecule has 2 atom stereocenters. The van der Waals surface area contributed by atoms with Gasteiger partial charge in [-0.25, -0.2) is 9.97 Å². The predicted molar refractivity (Wildman–Crippen MR) is 100 cm³/mol. The van der Waals surface area contributed by atoms with Crippen LogP contribution in [0.3, 0.4) is 0 Å². The van der Waals surface area contributed by atoms with E-state index in [1.807, 2.05) is 0 Å². The van der Waals surface area contributed by atoms with Crippen LogP contribution in [0.4, 0.5) is 19.0 Å². The van der Waals surface area contributed by atoms with Crippen molar-refractivity contribution in [2.24, 2.45) is 0 Å². The first-order valence-electron chi connectivity index (χ1n) is 9.39. The topological polar surface area (TPSA) is 105 Å². The first kappa shape index (κ1) is 18.5. The minimum Gasteiger partial charge on any atom is -0.367 e. The minimum absolute atomic E-state index is 0.0693. The molecule has 4 aromatic rings. The summed E-state index contributed by atoms with van der Waals surface area (Å²) in [5.41, 5.74) is 0.435. The van der Waals surface area contributed by atoms with E-state index < -0.39 is 11.7 Å². The summed E-state index contributed by atoms with van der Waals surface area (Å²) in [6, 6.07) is 4.89. The Morgan fingerprint density at radius 1 is 1.10 bits per heavy atom. The van der Waals surface area contributed by atoms with Gasteiger partial charge in [-0.2, -0.15) is 23.3 Å². The maximum atomic E-state index is 12.7. The third kappa shape index (κ3) is 3.46. The normalized spacial score (nSPS) is 19.4. The lowest BCUT2D eigenvalue weighted by Gasteiger charge is -2.13. The van der Waals surface area contributed by atoms with Crippen LogP contribution in [-0.4, -0.2) is 36.3 Å². The summed E-state index contributed by atoms with van der Waals surface area (Å²) in [6.45, 7) is 0. The van der Waals surface area contributed by atoms with Crippen LogP contribution < -0.4 is 5.32 Å². The number of anilines is 1. The van der Waals surface area contributed by atoms with Crippen LogP contribution in [0.2, 0.25) is 0 Å². The fraction of sp³-hybridized carbons (Fsp3) is 0.316. The Hall–Kier alpha value is -3.50. The van der Waals surface area contributed by atoms with Crippen molar-refractivity contribution >= 4 is 16.9 Å². The zero-order valence-corrected chi connectivity index (χ0v) is 15.5. The number of H-pyrrole nitrogens is 1. The molecule has 1 fully saturated rings. The summed E-state index contributed by atoms with van der Waals surface area (Å²) in [4.78, 5) is 12.8. The highest BCUT2D eigenvalue weighted by molar-refractivity contribution is 5.85. The van der Waals surface area contributed by atoms with Gasteiger partial charge >= 0.3 is 6.18 Å². The molecule has 154 valence electrons. The van der Waals surface area contributed by atoms with E-state index in [0.717, 1.165) is 42.6 Å². The standard InChI is InChI=1S/C19H16F3N7O/c20-19(21,22)12-4-1-10(2-5-12)15-27-18(30-29-15)11-3-6-13(7-11)26-16-14-8-25-28-17(14)24-9-23-16/h1-2,4-5,8-9,11,13H,3,6-7H2,(H2,23,24,25,26,28)/t11-,13-/m0/s1. The molecule has 30 heavy (non-hydrogen) atoms. The molecule has 1 aliphatic rings. The molecule has 0 bridgehead atoms. The van der Waals surface area contributed by atoms with E-state index in [1.165, 1.54) is 18.5 Å². The number of benzene rings is 1. The highest BCUT2D eigenvalue weighted by Gasteiger charge is 2.32. The molecular formula is C19H16F3N7O. The van der Waals surface area contributed by atoms with E-state index in [1.54, 1.807) is 6.20 Å². The SMILES string of the molecule is FC(F)(F)c1ccc(-c2noc([C@H]3CC[C@H](Nc4ncnc5[nH]ncc45)C3)n2)cc1. The quantitative estimate of drug-likeness (QED) is 0.515. The van der Waals surface area contributed by atoms with E-state index in [9.17, 15) is 13.2 Å². The number of fused-ring (bicyclic) bond motifs is 1. The molecule has 0 aliphatic heterocycles. The maximum Gasteiger partial charge on any atom is 0.416 e. The molecule has 0 saturated heterocycles. The van der Waals surface area contributed by atoms with E-state index in [2.05, 4.69) is 35.6 Å². The van der Waals surface area contributed by atoms with E-state index in [0.29, 0.717) is 17.1 Å². The minimum atomic E-state index is -4.38. The lowest BCUT2D eigenvalue weighted by Crippen LogP contribution is -2.16. The third-order valence-corrected chi connectivity index (χ3v) is 5.28. The first-order chi connectivity index (χ1) is 14.5. The van der Waals surface area contributed by atoms with Crippen LogP contribution in [-0.2, 0) is 6.18 Å². The molecule has 8 nitrogen and oxygen atoms in total. The van der Waals surface area contributed by atoms with Crippen LogP contribution in [0.1, 0.15) is 36.6 Å². The Labute approximate surface area is 167 Å². The molecule has 11 heteroatoms. The van der Waals surface area contributed by atoms with Crippen LogP contribution >= 0.6 is 0 Å². The van der Waals surface area contributed by atoms with Crippen molar-refractivity contribution in [3.8, 4) is 11.4 Å². The van der Waals surface area contributed by atoms with Gasteiger partial charge < -0.3 is 9.84 Å². The zero-order valence-electron chi connectivity index (χ0n) is 15.5. The van der Waals surface area contributed by atoms with Crippen molar-refractivity contribution in [2.45, 2.75) is 37.4 Å². The van der Waals surface area contributed by atoms with E-state index in [4.69, 9.17) is 4.52 Å². The number of rotatable bonds is 4. The molecule has 2 N–H and O–H groups in total. The second-order valence-electron chi connectivity index (χ2n) is 7.24. The highest BCUT2D eigenvalue weighted by atomic mass is 19.4. The lowest BCUT2D eigenvalue weighted by molar-refractivity contribution is -0.137. The maximum absolute atomic E-state index is 12.7. The fourth-order valence-electron chi connectivity index (χ4n) is 3.74. The van der Waals surface area contributed by atoms with Gasteiger partial charge in [0.05, 0.1) is 17.1 Å². The van der Waals surface area contributed by atoms with Crippen molar-refractivity contribution in [2.75, 3.05) is 5.32 Å². The lowest BCUT2D eigenvalue weighted by atomic mass is 10.1. The molecule has 0 unspecified atom stereocenters.